The van der Waals surface area contributed by atoms with E-state index in [4.69, 9.17) is 13.9 Å². The molecule has 1 N–H and O–H groups in total. The number of furan rings is 1. The van der Waals surface area contributed by atoms with Crippen molar-refractivity contribution in [2.75, 3.05) is 14.2 Å². The molecule has 0 radical (unpaired) electrons. The smallest absolute Gasteiger partial charge is 0.372 e. The summed E-state index contributed by atoms with van der Waals surface area (Å²) in [7, 11) is 3.05. The molecule has 1 aromatic heterocycles. The number of aryl methyl sites for hydroxylation is 1. The molecule has 0 aliphatic carbocycles. The molecule has 0 aliphatic rings. The van der Waals surface area contributed by atoms with Gasteiger partial charge < -0.3 is 19.0 Å². The van der Waals surface area contributed by atoms with Crippen molar-refractivity contribution in [2.24, 2.45) is 0 Å². The second-order valence-electron chi connectivity index (χ2n) is 4.18. The first-order valence-electron chi connectivity index (χ1n) is 5.96. The Kier molecular flexibility index (Phi) is 3.76. The van der Waals surface area contributed by atoms with E-state index in [1.165, 1.54) is 14.2 Å². The molecule has 5 heteroatoms. The highest BCUT2D eigenvalue weighted by Gasteiger charge is 2.22. The number of ether oxygens (including phenoxy) is 2. The van der Waals surface area contributed by atoms with Crippen LogP contribution in [0.2, 0.25) is 0 Å². The third kappa shape index (κ3) is 2.29. The molecule has 5 nitrogen and oxygen atoms in total. The summed E-state index contributed by atoms with van der Waals surface area (Å²) in [6, 6.07) is 3.77. The first-order chi connectivity index (χ1) is 9.12. The summed E-state index contributed by atoms with van der Waals surface area (Å²) in [5.41, 5.74) is 2.04. The highest BCUT2D eigenvalue weighted by Crippen LogP contribution is 2.34. The van der Waals surface area contributed by atoms with Crippen LogP contribution in [-0.4, -0.2) is 25.3 Å². The lowest BCUT2D eigenvalue weighted by Crippen LogP contribution is -1.99. The van der Waals surface area contributed by atoms with Crippen molar-refractivity contribution in [3.05, 3.63) is 29.0 Å². The van der Waals surface area contributed by atoms with E-state index >= 15 is 0 Å². The van der Waals surface area contributed by atoms with Crippen molar-refractivity contribution in [3.8, 4) is 5.75 Å². The summed E-state index contributed by atoms with van der Waals surface area (Å²) < 4.78 is 15.8. The second kappa shape index (κ2) is 5.32. The van der Waals surface area contributed by atoms with E-state index in [-0.39, 0.29) is 12.4 Å². The Bertz CT molecular complexity index is 612. The number of fused-ring (bicyclic) bond motifs is 1. The molecule has 2 rings (SSSR count). The number of benzene rings is 1. The maximum absolute atomic E-state index is 11.2. The Balaban J connectivity index is 2.78. The molecule has 1 aromatic carbocycles. The Labute approximate surface area is 110 Å². The van der Waals surface area contributed by atoms with E-state index < -0.39 is 5.97 Å². The molecule has 0 saturated carbocycles. The molecule has 0 atom stereocenters. The number of aromatic carboxylic acids is 1. The predicted octanol–water partition coefficient (Wildman–Crippen LogP) is 2.85. The van der Waals surface area contributed by atoms with Crippen LogP contribution in [0.25, 0.3) is 11.0 Å². The van der Waals surface area contributed by atoms with Crippen molar-refractivity contribution in [3.63, 3.8) is 0 Å². The first-order valence-corrected chi connectivity index (χ1v) is 5.96. The molecule has 2 aromatic rings. The SMILES string of the molecule is CCc1cc(OC)c2oc(C(=O)O)c(COC)c2c1. The van der Waals surface area contributed by atoms with Gasteiger partial charge in [-0.2, -0.15) is 0 Å². The van der Waals surface area contributed by atoms with E-state index in [0.29, 0.717) is 16.9 Å². The maximum Gasteiger partial charge on any atom is 0.372 e. The van der Waals surface area contributed by atoms with E-state index in [0.717, 1.165) is 17.4 Å². The first kappa shape index (κ1) is 13.4. The standard InChI is InChI=1S/C14H16O5/c1-4-8-5-9-10(7-17-2)13(14(15)16)19-12(9)11(6-8)18-3/h5-6H,4,7H2,1-3H3,(H,15,16). The van der Waals surface area contributed by atoms with Crippen LogP contribution in [0.1, 0.15) is 28.6 Å². The molecule has 0 fully saturated rings. The number of hydrogen-bond donors (Lipinski definition) is 1. The molecule has 1 heterocycles. The Morgan fingerprint density at radius 3 is 2.63 bits per heavy atom. The summed E-state index contributed by atoms with van der Waals surface area (Å²) in [6.45, 7) is 2.21. The zero-order valence-electron chi connectivity index (χ0n) is 11.1. The molecular formula is C14H16O5. The van der Waals surface area contributed by atoms with Crippen molar-refractivity contribution >= 4 is 16.9 Å². The quantitative estimate of drug-likeness (QED) is 0.899. The van der Waals surface area contributed by atoms with Gasteiger partial charge in [-0.1, -0.05) is 6.92 Å². The van der Waals surface area contributed by atoms with E-state index in [1.807, 2.05) is 19.1 Å². The number of carbonyl (C=O) groups is 1. The molecule has 0 saturated heterocycles. The van der Waals surface area contributed by atoms with Crippen LogP contribution in [0.3, 0.4) is 0 Å². The van der Waals surface area contributed by atoms with Gasteiger partial charge in [0.1, 0.15) is 0 Å². The maximum atomic E-state index is 11.2. The lowest BCUT2D eigenvalue weighted by molar-refractivity contribution is 0.0658. The Morgan fingerprint density at radius 1 is 1.37 bits per heavy atom. The van der Waals surface area contributed by atoms with Crippen LogP contribution in [0, 0.1) is 0 Å². The number of carboxylic acid groups (broad SMARTS) is 1. The van der Waals surface area contributed by atoms with E-state index in [2.05, 4.69) is 0 Å². The van der Waals surface area contributed by atoms with Crippen molar-refractivity contribution < 1.29 is 23.8 Å². The van der Waals surface area contributed by atoms with Crippen LogP contribution < -0.4 is 4.74 Å². The van der Waals surface area contributed by atoms with Gasteiger partial charge in [0.15, 0.2) is 11.3 Å². The number of methoxy groups -OCH3 is 2. The third-order valence-electron chi connectivity index (χ3n) is 3.03. The molecule has 0 spiro atoms. The minimum absolute atomic E-state index is 0.0941. The van der Waals surface area contributed by atoms with Crippen LogP contribution >= 0.6 is 0 Å². The molecular weight excluding hydrogens is 248 g/mol. The number of carboxylic acids is 1. The number of rotatable bonds is 5. The molecule has 19 heavy (non-hydrogen) atoms. The second-order valence-corrected chi connectivity index (χ2v) is 4.18. The van der Waals surface area contributed by atoms with Gasteiger partial charge in [-0.15, -0.1) is 0 Å². The van der Waals surface area contributed by atoms with Gasteiger partial charge in [0, 0.05) is 18.1 Å². The van der Waals surface area contributed by atoms with Crippen molar-refractivity contribution in [1.29, 1.82) is 0 Å². The van der Waals surface area contributed by atoms with Gasteiger partial charge in [0.25, 0.3) is 0 Å². The molecule has 0 amide bonds. The fourth-order valence-corrected chi connectivity index (χ4v) is 2.09. The number of hydrogen-bond acceptors (Lipinski definition) is 4. The summed E-state index contributed by atoms with van der Waals surface area (Å²) in [5.74, 6) is -0.661. The van der Waals surface area contributed by atoms with E-state index in [9.17, 15) is 9.90 Å². The minimum atomic E-state index is -1.11. The van der Waals surface area contributed by atoms with Crippen molar-refractivity contribution in [2.45, 2.75) is 20.0 Å². The average Bonchev–Trinajstić information content (AvgIpc) is 2.77. The predicted molar refractivity (Wildman–Crippen MR) is 69.8 cm³/mol. The van der Waals surface area contributed by atoms with Crippen LogP contribution in [-0.2, 0) is 17.8 Å². The average molecular weight is 264 g/mol. The zero-order valence-corrected chi connectivity index (χ0v) is 11.1. The van der Waals surface area contributed by atoms with Crippen LogP contribution in [0.15, 0.2) is 16.5 Å². The summed E-state index contributed by atoms with van der Waals surface area (Å²) in [4.78, 5) is 11.2. The van der Waals surface area contributed by atoms with E-state index in [1.54, 1.807) is 0 Å². The van der Waals surface area contributed by atoms with Gasteiger partial charge in [0.05, 0.1) is 13.7 Å². The Morgan fingerprint density at radius 2 is 2.11 bits per heavy atom. The summed E-state index contributed by atoms with van der Waals surface area (Å²) in [5, 5.41) is 9.93. The molecule has 102 valence electrons. The normalized spacial score (nSPS) is 10.9. The zero-order chi connectivity index (χ0) is 14.0. The topological polar surface area (TPSA) is 68.9 Å². The largest absolute Gasteiger partial charge is 0.493 e. The molecule has 0 aliphatic heterocycles. The lowest BCUT2D eigenvalue weighted by Gasteiger charge is -2.04. The fraction of sp³-hybridized carbons (Fsp3) is 0.357. The van der Waals surface area contributed by atoms with Gasteiger partial charge in [-0.25, -0.2) is 4.79 Å². The van der Waals surface area contributed by atoms with Gasteiger partial charge >= 0.3 is 5.97 Å². The van der Waals surface area contributed by atoms with Gasteiger partial charge in [0.2, 0.25) is 5.76 Å². The highest BCUT2D eigenvalue weighted by atomic mass is 16.5. The monoisotopic (exact) mass is 264 g/mol. The highest BCUT2D eigenvalue weighted by molar-refractivity contribution is 5.97. The fourth-order valence-electron chi connectivity index (χ4n) is 2.09. The summed E-state index contributed by atoms with van der Waals surface area (Å²) >= 11 is 0. The Hall–Kier alpha value is -2.01. The summed E-state index contributed by atoms with van der Waals surface area (Å²) in [6.07, 6.45) is 0.826. The molecule has 0 bridgehead atoms. The van der Waals surface area contributed by atoms with Crippen molar-refractivity contribution in [1.82, 2.24) is 0 Å². The minimum Gasteiger partial charge on any atom is -0.493 e. The molecule has 0 unspecified atom stereocenters. The van der Waals surface area contributed by atoms with Gasteiger partial charge in [-0.05, 0) is 24.1 Å². The van der Waals surface area contributed by atoms with Crippen LogP contribution in [0.4, 0.5) is 0 Å². The van der Waals surface area contributed by atoms with Crippen LogP contribution in [0.5, 0.6) is 5.75 Å². The third-order valence-corrected chi connectivity index (χ3v) is 3.03. The lowest BCUT2D eigenvalue weighted by atomic mass is 10.1. The van der Waals surface area contributed by atoms with Gasteiger partial charge in [-0.3, -0.25) is 0 Å².